The Bertz CT molecular complexity index is 1400. The van der Waals surface area contributed by atoms with Gasteiger partial charge in [-0.15, -0.1) is 10.2 Å². The molecule has 2 heterocycles. The van der Waals surface area contributed by atoms with E-state index in [1.165, 1.54) is 6.07 Å². The molecule has 0 aliphatic heterocycles. The Morgan fingerprint density at radius 3 is 2.65 bits per heavy atom. The number of rotatable bonds is 9. The van der Waals surface area contributed by atoms with Crippen molar-refractivity contribution in [2.75, 3.05) is 11.9 Å². The van der Waals surface area contributed by atoms with Crippen LogP contribution in [0.1, 0.15) is 23.2 Å². The summed E-state index contributed by atoms with van der Waals surface area (Å²) < 4.78 is 37.6. The largest absolute Gasteiger partial charge is 0.494 e. The fraction of sp³-hybridized carbons (Fsp3) is 0.150. The normalized spacial score (nSPS) is 11.4. The Balaban J connectivity index is 1.38. The molecule has 2 aromatic heterocycles. The second kappa shape index (κ2) is 10.3. The van der Waals surface area contributed by atoms with Crippen LogP contribution >= 0.6 is 22.9 Å². The Morgan fingerprint density at radius 1 is 1.15 bits per heavy atom. The van der Waals surface area contributed by atoms with Gasteiger partial charge in [-0.25, -0.2) is 8.42 Å². The molecule has 0 aliphatic rings. The average molecular weight is 521 g/mol. The smallest absolute Gasteiger partial charge is 0.270 e. The van der Waals surface area contributed by atoms with Crippen molar-refractivity contribution in [2.24, 2.45) is 0 Å². The molecule has 0 aliphatic carbocycles. The van der Waals surface area contributed by atoms with Gasteiger partial charge in [0.1, 0.15) is 5.75 Å². The molecule has 4 rings (SSSR count). The summed E-state index contributed by atoms with van der Waals surface area (Å²) in [6.45, 7) is 2.18. The van der Waals surface area contributed by atoms with Crippen molar-refractivity contribution in [3.05, 3.63) is 65.0 Å². The molecule has 2 aromatic carbocycles. The van der Waals surface area contributed by atoms with Crippen molar-refractivity contribution in [1.29, 1.82) is 0 Å². The minimum atomic E-state index is -4.04. The lowest BCUT2D eigenvalue weighted by molar-refractivity contribution is 0.102. The number of hydrogen-bond acceptors (Lipinski definition) is 10. The highest BCUT2D eigenvalue weighted by Crippen LogP contribution is 2.23. The highest BCUT2D eigenvalue weighted by atomic mass is 35.5. The SMILES string of the molecule is CCOc1ccc(-c2noc(CNS(=O)(=O)c3nnc(NC(=O)c4ccccc4Cl)s3)n2)cc1. The van der Waals surface area contributed by atoms with Gasteiger partial charge in [0.2, 0.25) is 21.2 Å². The van der Waals surface area contributed by atoms with Crippen molar-refractivity contribution >= 4 is 44.0 Å². The predicted molar refractivity (Wildman–Crippen MR) is 124 cm³/mol. The van der Waals surface area contributed by atoms with Crippen molar-refractivity contribution in [3.63, 3.8) is 0 Å². The van der Waals surface area contributed by atoms with E-state index in [4.69, 9.17) is 20.9 Å². The Labute approximate surface area is 203 Å². The van der Waals surface area contributed by atoms with Crippen molar-refractivity contribution in [2.45, 2.75) is 17.8 Å². The van der Waals surface area contributed by atoms with Crippen LogP contribution in [0.4, 0.5) is 5.13 Å². The fourth-order valence-corrected chi connectivity index (χ4v) is 4.84. The molecule has 0 bridgehead atoms. The van der Waals surface area contributed by atoms with E-state index in [1.807, 2.05) is 6.92 Å². The topological polar surface area (TPSA) is 149 Å². The molecular weight excluding hydrogens is 504 g/mol. The monoisotopic (exact) mass is 520 g/mol. The second-order valence-electron chi connectivity index (χ2n) is 6.60. The van der Waals surface area contributed by atoms with Crippen LogP contribution in [0.5, 0.6) is 5.75 Å². The van der Waals surface area contributed by atoms with Gasteiger partial charge < -0.3 is 9.26 Å². The first-order chi connectivity index (χ1) is 16.4. The summed E-state index contributed by atoms with van der Waals surface area (Å²) in [5.41, 5.74) is 0.908. The lowest BCUT2D eigenvalue weighted by atomic mass is 10.2. The van der Waals surface area contributed by atoms with Crippen LogP contribution in [0, 0.1) is 0 Å². The van der Waals surface area contributed by atoms with E-state index >= 15 is 0 Å². The zero-order valence-electron chi connectivity index (χ0n) is 17.6. The van der Waals surface area contributed by atoms with Crippen molar-refractivity contribution in [1.82, 2.24) is 25.1 Å². The number of anilines is 1. The van der Waals surface area contributed by atoms with Crippen molar-refractivity contribution in [3.8, 4) is 17.1 Å². The van der Waals surface area contributed by atoms with Crippen LogP contribution in [0.15, 0.2) is 57.4 Å². The molecule has 4 aromatic rings. The van der Waals surface area contributed by atoms with Gasteiger partial charge >= 0.3 is 0 Å². The zero-order chi connectivity index (χ0) is 24.1. The van der Waals surface area contributed by atoms with Crippen LogP contribution in [-0.2, 0) is 16.6 Å². The number of halogens is 1. The number of carbonyl (C=O) groups is 1. The highest BCUT2D eigenvalue weighted by Gasteiger charge is 2.22. The molecule has 14 heteroatoms. The van der Waals surface area contributed by atoms with Gasteiger partial charge in [0, 0.05) is 5.56 Å². The van der Waals surface area contributed by atoms with Crippen LogP contribution in [0.25, 0.3) is 11.4 Å². The van der Waals surface area contributed by atoms with E-state index in [1.54, 1.807) is 42.5 Å². The third kappa shape index (κ3) is 5.56. The Hall–Kier alpha value is -3.39. The summed E-state index contributed by atoms with van der Waals surface area (Å²) >= 11 is 6.68. The van der Waals surface area contributed by atoms with Crippen LogP contribution in [-0.4, -0.2) is 41.3 Å². The number of amides is 1. The standard InChI is InChI=1S/C20H17ClN6O5S2/c1-2-31-13-9-7-12(8-10-13)17-23-16(32-27-17)11-22-34(29,30)20-26-25-19(33-20)24-18(28)14-5-3-4-6-15(14)21/h3-10,22H,2,11H2,1H3,(H,24,25,28). The summed E-state index contributed by atoms with van der Waals surface area (Å²) in [4.78, 5) is 16.5. The molecular formula is C20H17ClN6O5S2. The zero-order valence-corrected chi connectivity index (χ0v) is 19.9. The van der Waals surface area contributed by atoms with E-state index in [0.29, 0.717) is 35.1 Å². The molecule has 0 spiro atoms. The first-order valence-corrected chi connectivity index (χ1v) is 12.5. The molecule has 176 valence electrons. The maximum Gasteiger partial charge on any atom is 0.270 e. The van der Waals surface area contributed by atoms with Crippen LogP contribution < -0.4 is 14.8 Å². The van der Waals surface area contributed by atoms with Crippen molar-refractivity contribution < 1.29 is 22.5 Å². The minimum Gasteiger partial charge on any atom is -0.494 e. The van der Waals surface area contributed by atoms with E-state index in [9.17, 15) is 13.2 Å². The Kier molecular flexibility index (Phi) is 7.17. The summed E-state index contributed by atoms with van der Waals surface area (Å²) in [5.74, 6) is 0.538. The second-order valence-corrected chi connectivity index (χ2v) is 9.93. The molecule has 0 atom stereocenters. The first kappa shape index (κ1) is 23.8. The summed E-state index contributed by atoms with van der Waals surface area (Å²) in [7, 11) is -4.04. The molecule has 0 unspecified atom stereocenters. The van der Waals surface area contributed by atoms with Gasteiger partial charge in [-0.1, -0.05) is 40.2 Å². The highest BCUT2D eigenvalue weighted by molar-refractivity contribution is 7.91. The summed E-state index contributed by atoms with van der Waals surface area (Å²) in [5, 5.41) is 13.9. The number of sulfonamides is 1. The average Bonchev–Trinajstić information content (AvgIpc) is 3.49. The van der Waals surface area contributed by atoms with E-state index < -0.39 is 15.9 Å². The molecule has 0 radical (unpaired) electrons. The molecule has 0 saturated carbocycles. The fourth-order valence-electron chi connectivity index (χ4n) is 2.71. The maximum absolute atomic E-state index is 12.6. The van der Waals surface area contributed by atoms with Gasteiger partial charge in [0.15, 0.2) is 0 Å². The van der Waals surface area contributed by atoms with Crippen LogP contribution in [0.2, 0.25) is 5.02 Å². The molecule has 1 amide bonds. The number of ether oxygens (including phenoxy) is 1. The number of carbonyl (C=O) groups excluding carboxylic acids is 1. The lowest BCUT2D eigenvalue weighted by Gasteiger charge is -2.02. The van der Waals surface area contributed by atoms with Gasteiger partial charge in [-0.2, -0.15) is 9.71 Å². The molecule has 0 fully saturated rings. The Morgan fingerprint density at radius 2 is 1.91 bits per heavy atom. The van der Waals surface area contributed by atoms with E-state index in [2.05, 4.69) is 30.4 Å². The first-order valence-electron chi connectivity index (χ1n) is 9.80. The molecule has 0 saturated heterocycles. The quantitative estimate of drug-likeness (QED) is 0.316. The van der Waals surface area contributed by atoms with Gasteiger partial charge in [-0.05, 0) is 43.3 Å². The van der Waals surface area contributed by atoms with Gasteiger partial charge in [0.25, 0.3) is 15.9 Å². The predicted octanol–water partition coefficient (Wildman–Crippen LogP) is 3.37. The number of nitrogens with one attached hydrogen (secondary N) is 2. The molecule has 34 heavy (non-hydrogen) atoms. The summed E-state index contributed by atoms with van der Waals surface area (Å²) in [6.07, 6.45) is 0. The van der Waals surface area contributed by atoms with E-state index in [0.717, 1.165) is 0 Å². The maximum atomic E-state index is 12.6. The van der Waals surface area contributed by atoms with Gasteiger partial charge in [0.05, 0.1) is 23.7 Å². The number of hydrogen-bond donors (Lipinski definition) is 2. The third-order valence-corrected chi connectivity index (χ3v) is 7.22. The summed E-state index contributed by atoms with van der Waals surface area (Å²) in [6, 6.07) is 13.5. The minimum absolute atomic E-state index is 0.000806. The number of nitrogens with zero attached hydrogens (tertiary/aromatic N) is 4. The van der Waals surface area contributed by atoms with Crippen LogP contribution in [0.3, 0.4) is 0 Å². The molecule has 2 N–H and O–H groups in total. The lowest BCUT2D eigenvalue weighted by Crippen LogP contribution is -2.23. The molecule has 11 nitrogen and oxygen atoms in total. The van der Waals surface area contributed by atoms with Gasteiger partial charge in [-0.3, -0.25) is 10.1 Å². The third-order valence-electron chi connectivity index (χ3n) is 4.28. The number of aromatic nitrogens is 4. The van der Waals surface area contributed by atoms with E-state index in [-0.39, 0.29) is 32.5 Å². The number of benzene rings is 2.